The highest BCUT2D eigenvalue weighted by molar-refractivity contribution is 8.13. The third kappa shape index (κ3) is 5.33. The minimum Gasteiger partial charge on any atom is -0.480 e. The van der Waals surface area contributed by atoms with E-state index in [0.29, 0.717) is 18.7 Å². The molecular weight excluding hydrogens is 338 g/mol. The number of hydrogen-bond donors (Lipinski definition) is 1. The van der Waals surface area contributed by atoms with Gasteiger partial charge in [-0.1, -0.05) is 48.5 Å². The molecular formula is C19H25NO4S. The SMILES string of the molecule is CC(=O)SCC(C)C(=O)N1CC(Cc2ccc(C)cc2)C[C@H]1C(=O)O. The van der Waals surface area contributed by atoms with Crippen LogP contribution in [-0.4, -0.2) is 45.3 Å². The van der Waals surface area contributed by atoms with Crippen molar-refractivity contribution in [2.75, 3.05) is 12.3 Å². The molecule has 0 spiro atoms. The van der Waals surface area contributed by atoms with Crippen LogP contribution in [0.2, 0.25) is 0 Å². The molecule has 136 valence electrons. The van der Waals surface area contributed by atoms with Gasteiger partial charge in [0.1, 0.15) is 6.04 Å². The van der Waals surface area contributed by atoms with Crippen LogP contribution >= 0.6 is 11.8 Å². The van der Waals surface area contributed by atoms with Gasteiger partial charge in [0, 0.05) is 25.1 Å². The number of thioether (sulfide) groups is 1. The Labute approximate surface area is 152 Å². The van der Waals surface area contributed by atoms with E-state index in [9.17, 15) is 19.5 Å². The van der Waals surface area contributed by atoms with Gasteiger partial charge in [-0.25, -0.2) is 4.79 Å². The Morgan fingerprint density at radius 1 is 1.28 bits per heavy atom. The van der Waals surface area contributed by atoms with Crippen LogP contribution in [0.25, 0.3) is 0 Å². The number of benzene rings is 1. The number of carbonyl (C=O) groups excluding carboxylic acids is 2. The minimum absolute atomic E-state index is 0.0342. The number of aliphatic carboxylic acids is 1. The highest BCUT2D eigenvalue weighted by atomic mass is 32.2. The van der Waals surface area contributed by atoms with Crippen LogP contribution in [0.3, 0.4) is 0 Å². The monoisotopic (exact) mass is 363 g/mol. The Morgan fingerprint density at radius 3 is 2.48 bits per heavy atom. The Morgan fingerprint density at radius 2 is 1.92 bits per heavy atom. The second kappa shape index (κ2) is 8.52. The van der Waals surface area contributed by atoms with E-state index in [1.807, 2.05) is 19.1 Å². The number of carboxylic acid groups (broad SMARTS) is 1. The van der Waals surface area contributed by atoms with Crippen molar-refractivity contribution >= 4 is 28.8 Å². The summed E-state index contributed by atoms with van der Waals surface area (Å²) in [5.41, 5.74) is 2.35. The Bertz CT molecular complexity index is 643. The lowest BCUT2D eigenvalue weighted by Crippen LogP contribution is -2.43. The maximum Gasteiger partial charge on any atom is 0.326 e. The van der Waals surface area contributed by atoms with Crippen molar-refractivity contribution in [1.29, 1.82) is 0 Å². The minimum atomic E-state index is -0.953. The number of nitrogens with zero attached hydrogens (tertiary/aromatic N) is 1. The first-order valence-electron chi connectivity index (χ1n) is 8.50. The molecule has 1 amide bonds. The van der Waals surface area contributed by atoms with E-state index in [1.54, 1.807) is 6.92 Å². The summed E-state index contributed by atoms with van der Waals surface area (Å²) in [5.74, 6) is -0.965. The Balaban J connectivity index is 2.03. The van der Waals surface area contributed by atoms with E-state index in [1.165, 1.54) is 17.4 Å². The fourth-order valence-corrected chi connectivity index (χ4v) is 3.83. The molecule has 1 heterocycles. The van der Waals surface area contributed by atoms with E-state index in [2.05, 4.69) is 12.1 Å². The van der Waals surface area contributed by atoms with Crippen molar-refractivity contribution in [2.24, 2.45) is 11.8 Å². The van der Waals surface area contributed by atoms with Gasteiger partial charge in [0.2, 0.25) is 5.91 Å². The van der Waals surface area contributed by atoms with Crippen molar-refractivity contribution in [1.82, 2.24) is 4.90 Å². The number of carboxylic acids is 1. The number of amides is 1. The maximum atomic E-state index is 12.7. The van der Waals surface area contributed by atoms with Gasteiger partial charge in [0.25, 0.3) is 0 Å². The first-order valence-corrected chi connectivity index (χ1v) is 9.48. The maximum absolute atomic E-state index is 12.7. The number of likely N-dealkylation sites (tertiary alicyclic amines) is 1. The zero-order valence-electron chi connectivity index (χ0n) is 14.9. The summed E-state index contributed by atoms with van der Waals surface area (Å²) in [4.78, 5) is 36.8. The largest absolute Gasteiger partial charge is 0.480 e. The molecule has 1 fully saturated rings. The molecule has 1 N–H and O–H groups in total. The summed E-state index contributed by atoms with van der Waals surface area (Å²) in [7, 11) is 0. The van der Waals surface area contributed by atoms with E-state index in [4.69, 9.17) is 0 Å². The summed E-state index contributed by atoms with van der Waals surface area (Å²) in [6.45, 7) is 5.71. The van der Waals surface area contributed by atoms with Gasteiger partial charge in [-0.05, 0) is 31.2 Å². The quantitative estimate of drug-likeness (QED) is 0.841. The normalized spacial score (nSPS) is 21.2. The van der Waals surface area contributed by atoms with Crippen LogP contribution in [0, 0.1) is 18.8 Å². The van der Waals surface area contributed by atoms with Crippen molar-refractivity contribution in [2.45, 2.75) is 39.7 Å². The van der Waals surface area contributed by atoms with Gasteiger partial charge in [0.15, 0.2) is 5.12 Å². The zero-order valence-corrected chi connectivity index (χ0v) is 15.7. The summed E-state index contributed by atoms with van der Waals surface area (Å²) in [6.07, 6.45) is 1.24. The molecule has 0 bridgehead atoms. The third-order valence-corrected chi connectivity index (χ3v) is 5.63. The number of rotatable bonds is 6. The van der Waals surface area contributed by atoms with Gasteiger partial charge in [-0.15, -0.1) is 0 Å². The predicted octanol–water partition coefficient (Wildman–Crippen LogP) is 2.76. The molecule has 1 aliphatic heterocycles. The van der Waals surface area contributed by atoms with E-state index >= 15 is 0 Å². The number of hydrogen-bond acceptors (Lipinski definition) is 4. The van der Waals surface area contributed by atoms with Gasteiger partial charge in [0.05, 0.1) is 0 Å². The molecule has 1 aromatic carbocycles. The van der Waals surface area contributed by atoms with Gasteiger partial charge < -0.3 is 10.0 Å². The molecule has 3 atom stereocenters. The topological polar surface area (TPSA) is 74.7 Å². The van der Waals surface area contributed by atoms with Crippen LogP contribution in [-0.2, 0) is 20.8 Å². The molecule has 1 saturated heterocycles. The number of aryl methyl sites for hydroxylation is 1. The lowest BCUT2D eigenvalue weighted by atomic mass is 9.96. The molecule has 6 heteroatoms. The number of carbonyl (C=O) groups is 3. The summed E-state index contributed by atoms with van der Waals surface area (Å²) in [6, 6.07) is 7.43. The lowest BCUT2D eigenvalue weighted by Gasteiger charge is -2.24. The van der Waals surface area contributed by atoms with Crippen molar-refractivity contribution < 1.29 is 19.5 Å². The molecule has 1 aliphatic rings. The third-order valence-electron chi connectivity index (χ3n) is 4.56. The van der Waals surface area contributed by atoms with Crippen molar-refractivity contribution in [3.8, 4) is 0 Å². The van der Waals surface area contributed by atoms with Gasteiger partial charge >= 0.3 is 5.97 Å². The van der Waals surface area contributed by atoms with E-state index < -0.39 is 12.0 Å². The van der Waals surface area contributed by atoms with Gasteiger partial charge in [-0.2, -0.15) is 0 Å². The van der Waals surface area contributed by atoms with Crippen LogP contribution in [0.1, 0.15) is 31.4 Å². The average molecular weight is 363 g/mol. The molecule has 0 aliphatic carbocycles. The highest BCUT2D eigenvalue weighted by Gasteiger charge is 2.40. The summed E-state index contributed by atoms with van der Waals surface area (Å²) >= 11 is 1.11. The highest BCUT2D eigenvalue weighted by Crippen LogP contribution is 2.29. The van der Waals surface area contributed by atoms with E-state index in [0.717, 1.165) is 23.7 Å². The molecule has 2 unspecified atom stereocenters. The molecule has 2 rings (SSSR count). The first-order chi connectivity index (χ1) is 11.8. The predicted molar refractivity (Wildman–Crippen MR) is 98.4 cm³/mol. The van der Waals surface area contributed by atoms with E-state index in [-0.39, 0.29) is 22.9 Å². The lowest BCUT2D eigenvalue weighted by molar-refractivity contribution is -0.149. The average Bonchev–Trinajstić information content (AvgIpc) is 2.98. The Kier molecular flexibility index (Phi) is 6.64. The zero-order chi connectivity index (χ0) is 18.6. The van der Waals surface area contributed by atoms with Gasteiger partial charge in [-0.3, -0.25) is 9.59 Å². The van der Waals surface area contributed by atoms with Crippen LogP contribution in [0.15, 0.2) is 24.3 Å². The first kappa shape index (κ1) is 19.5. The fraction of sp³-hybridized carbons (Fsp3) is 0.526. The smallest absolute Gasteiger partial charge is 0.326 e. The fourth-order valence-electron chi connectivity index (χ4n) is 3.20. The van der Waals surface area contributed by atoms with Crippen molar-refractivity contribution in [3.05, 3.63) is 35.4 Å². The van der Waals surface area contributed by atoms with Crippen LogP contribution in [0.5, 0.6) is 0 Å². The van der Waals surface area contributed by atoms with Crippen LogP contribution < -0.4 is 0 Å². The standard InChI is InChI=1S/C19H25NO4S/c1-12-4-6-15(7-5-12)8-16-9-17(19(23)24)20(10-16)18(22)13(2)11-25-14(3)21/h4-7,13,16-17H,8-11H2,1-3H3,(H,23,24)/t13?,16?,17-/m0/s1. The molecule has 0 radical (unpaired) electrons. The second-order valence-corrected chi connectivity index (χ2v) is 8.04. The van der Waals surface area contributed by atoms with Crippen molar-refractivity contribution in [3.63, 3.8) is 0 Å². The molecule has 0 saturated carbocycles. The second-order valence-electron chi connectivity index (χ2n) is 6.84. The Hall–Kier alpha value is -1.82. The summed E-state index contributed by atoms with van der Waals surface area (Å²) < 4.78 is 0. The molecule has 0 aromatic heterocycles. The molecule has 25 heavy (non-hydrogen) atoms. The van der Waals surface area contributed by atoms with Crippen LogP contribution in [0.4, 0.5) is 0 Å². The molecule has 1 aromatic rings. The summed E-state index contributed by atoms with van der Waals surface area (Å²) in [5, 5.41) is 9.47. The molecule has 5 nitrogen and oxygen atoms in total.